The van der Waals surface area contributed by atoms with Gasteiger partial charge in [0, 0.05) is 5.56 Å². The van der Waals surface area contributed by atoms with Crippen molar-refractivity contribution in [3.8, 4) is 0 Å². The Morgan fingerprint density at radius 3 is 1.54 bits per heavy atom. The van der Waals surface area contributed by atoms with Gasteiger partial charge in [-0.15, -0.1) is 0 Å². The standard InChI is InChI=1S/C7H7NO.4H3N/c8-7(9)6-4-2-1-3-5-6;;;;/h1-5H,(H2,8,9);4*1H3. The van der Waals surface area contributed by atoms with Crippen molar-refractivity contribution in [3.63, 3.8) is 0 Å². The molecule has 0 bridgehead atoms. The predicted octanol–water partition coefficient (Wildman–Crippen LogP) is 1.43. The zero-order chi connectivity index (χ0) is 6.69. The van der Waals surface area contributed by atoms with Gasteiger partial charge in [0.25, 0.3) is 0 Å². The summed E-state index contributed by atoms with van der Waals surface area (Å²) < 4.78 is 0. The van der Waals surface area contributed by atoms with Crippen LogP contribution >= 0.6 is 0 Å². The zero-order valence-corrected chi connectivity index (χ0v) is 7.70. The maximum atomic E-state index is 10.4. The molecule has 0 aliphatic heterocycles. The van der Waals surface area contributed by atoms with Gasteiger partial charge in [-0.25, -0.2) is 0 Å². The summed E-state index contributed by atoms with van der Waals surface area (Å²) in [5, 5.41) is 0. The number of primary amides is 1. The Hall–Kier alpha value is -1.47. The molecule has 0 unspecified atom stereocenters. The molecule has 0 radical (unpaired) electrons. The van der Waals surface area contributed by atoms with Crippen LogP contribution in [-0.4, -0.2) is 5.91 Å². The highest BCUT2D eigenvalue weighted by Gasteiger charge is 1.93. The van der Waals surface area contributed by atoms with Crippen LogP contribution in [0.15, 0.2) is 30.3 Å². The molecule has 0 saturated heterocycles. The maximum absolute atomic E-state index is 10.4. The van der Waals surface area contributed by atoms with E-state index in [0.29, 0.717) is 5.56 Å². The summed E-state index contributed by atoms with van der Waals surface area (Å²) in [7, 11) is 0. The summed E-state index contributed by atoms with van der Waals surface area (Å²) in [6.45, 7) is 0. The van der Waals surface area contributed by atoms with Crippen LogP contribution in [0.5, 0.6) is 0 Å². The highest BCUT2D eigenvalue weighted by atomic mass is 16.1. The van der Waals surface area contributed by atoms with E-state index in [0.717, 1.165) is 0 Å². The molecule has 14 N–H and O–H groups in total. The molecule has 0 saturated carbocycles. The number of rotatable bonds is 1. The van der Waals surface area contributed by atoms with Gasteiger partial charge in [0.2, 0.25) is 5.91 Å². The summed E-state index contributed by atoms with van der Waals surface area (Å²) in [5.74, 6) is -0.379. The summed E-state index contributed by atoms with van der Waals surface area (Å²) in [6, 6.07) is 8.76. The fourth-order valence-electron chi connectivity index (χ4n) is 0.602. The third-order valence-electron chi connectivity index (χ3n) is 1.06. The molecule has 1 rings (SSSR count). The van der Waals surface area contributed by atoms with Gasteiger partial charge in [-0.3, -0.25) is 4.79 Å². The van der Waals surface area contributed by atoms with E-state index in [9.17, 15) is 4.79 Å². The number of benzene rings is 1. The lowest BCUT2D eigenvalue weighted by molar-refractivity contribution is 0.100. The Morgan fingerprint density at radius 1 is 0.923 bits per heavy atom. The van der Waals surface area contributed by atoms with Gasteiger partial charge in [-0.2, -0.15) is 0 Å². The van der Waals surface area contributed by atoms with Crippen LogP contribution in [0.25, 0.3) is 0 Å². The molecular weight excluding hydrogens is 170 g/mol. The summed E-state index contributed by atoms with van der Waals surface area (Å²) in [5.41, 5.74) is 5.53. The Morgan fingerprint density at radius 2 is 1.31 bits per heavy atom. The van der Waals surface area contributed by atoms with Crippen molar-refractivity contribution in [2.24, 2.45) is 5.73 Å². The second kappa shape index (κ2) is 10.5. The lowest BCUT2D eigenvalue weighted by Gasteiger charge is -1.89. The van der Waals surface area contributed by atoms with E-state index in [2.05, 4.69) is 0 Å². The second-order valence-corrected chi connectivity index (χ2v) is 1.73. The minimum absolute atomic E-state index is 0. The van der Waals surface area contributed by atoms with E-state index in [1.54, 1.807) is 24.3 Å². The molecule has 78 valence electrons. The monoisotopic (exact) mass is 189 g/mol. The third kappa shape index (κ3) is 6.91. The van der Waals surface area contributed by atoms with Crippen molar-refractivity contribution in [2.45, 2.75) is 0 Å². The first-order valence-electron chi connectivity index (χ1n) is 2.65. The van der Waals surface area contributed by atoms with Crippen molar-refractivity contribution in [2.75, 3.05) is 0 Å². The van der Waals surface area contributed by atoms with E-state index in [4.69, 9.17) is 5.73 Å². The van der Waals surface area contributed by atoms with Gasteiger partial charge in [0.15, 0.2) is 0 Å². The fourth-order valence-corrected chi connectivity index (χ4v) is 0.602. The topological polar surface area (TPSA) is 183 Å². The Bertz CT molecular complexity index is 213. The maximum Gasteiger partial charge on any atom is 0.248 e. The lowest BCUT2D eigenvalue weighted by Crippen LogP contribution is -2.09. The average Bonchev–Trinajstić information content (AvgIpc) is 1.90. The molecule has 0 aromatic heterocycles. The van der Waals surface area contributed by atoms with Crippen LogP contribution in [-0.2, 0) is 0 Å². The molecule has 6 nitrogen and oxygen atoms in total. The van der Waals surface area contributed by atoms with Gasteiger partial charge in [-0.1, -0.05) is 18.2 Å². The normalized spacial score (nSPS) is 6.15. The fraction of sp³-hybridized carbons (Fsp3) is 0. The quantitative estimate of drug-likeness (QED) is 0.446. The van der Waals surface area contributed by atoms with Crippen molar-refractivity contribution in [1.82, 2.24) is 24.6 Å². The molecule has 0 fully saturated rings. The van der Waals surface area contributed by atoms with Gasteiger partial charge in [0.05, 0.1) is 0 Å². The SMILES string of the molecule is N.N.N.N.NC(=O)c1ccccc1. The Balaban J connectivity index is -0.000000101. The van der Waals surface area contributed by atoms with Crippen molar-refractivity contribution in [3.05, 3.63) is 35.9 Å². The summed E-state index contributed by atoms with van der Waals surface area (Å²) >= 11 is 0. The van der Waals surface area contributed by atoms with Gasteiger partial charge < -0.3 is 30.3 Å². The third-order valence-corrected chi connectivity index (χ3v) is 1.06. The molecule has 0 aliphatic carbocycles. The molecule has 0 spiro atoms. The van der Waals surface area contributed by atoms with Gasteiger partial charge in [-0.05, 0) is 12.1 Å². The number of carbonyl (C=O) groups is 1. The first-order chi connectivity index (χ1) is 4.30. The van der Waals surface area contributed by atoms with E-state index in [-0.39, 0.29) is 30.5 Å². The Kier molecular flexibility index (Phi) is 18.3. The largest absolute Gasteiger partial charge is 0.366 e. The highest BCUT2D eigenvalue weighted by Crippen LogP contribution is 1.94. The molecule has 1 amide bonds. The molecule has 13 heavy (non-hydrogen) atoms. The smallest absolute Gasteiger partial charge is 0.248 e. The molecule has 1 aromatic carbocycles. The van der Waals surface area contributed by atoms with E-state index < -0.39 is 0 Å². The van der Waals surface area contributed by atoms with Crippen LogP contribution in [0.1, 0.15) is 10.4 Å². The average molecular weight is 189 g/mol. The number of hydrogen-bond donors (Lipinski definition) is 5. The summed E-state index contributed by atoms with van der Waals surface area (Å²) in [4.78, 5) is 10.4. The zero-order valence-electron chi connectivity index (χ0n) is 7.70. The first kappa shape index (κ1) is 22.5. The minimum atomic E-state index is -0.379. The number of hydrogen-bond acceptors (Lipinski definition) is 5. The molecular formula is C7H19N5O. The van der Waals surface area contributed by atoms with Crippen molar-refractivity contribution in [1.29, 1.82) is 0 Å². The number of carbonyl (C=O) groups excluding carboxylic acids is 1. The van der Waals surface area contributed by atoms with E-state index in [1.807, 2.05) is 6.07 Å². The van der Waals surface area contributed by atoms with Crippen molar-refractivity contribution >= 4 is 5.91 Å². The predicted molar refractivity (Wildman–Crippen MR) is 55.0 cm³/mol. The second-order valence-electron chi connectivity index (χ2n) is 1.73. The molecule has 0 heterocycles. The summed E-state index contributed by atoms with van der Waals surface area (Å²) in [6.07, 6.45) is 0. The van der Waals surface area contributed by atoms with Gasteiger partial charge >= 0.3 is 0 Å². The lowest BCUT2D eigenvalue weighted by atomic mass is 10.2. The molecule has 6 heteroatoms. The minimum Gasteiger partial charge on any atom is -0.366 e. The number of nitrogens with two attached hydrogens (primary N) is 1. The van der Waals surface area contributed by atoms with E-state index >= 15 is 0 Å². The van der Waals surface area contributed by atoms with Crippen LogP contribution in [0, 0.1) is 0 Å². The van der Waals surface area contributed by atoms with Crippen LogP contribution < -0.4 is 30.3 Å². The number of amides is 1. The highest BCUT2D eigenvalue weighted by molar-refractivity contribution is 5.92. The molecule has 1 aromatic rings. The van der Waals surface area contributed by atoms with Crippen LogP contribution in [0.2, 0.25) is 0 Å². The molecule has 0 aliphatic rings. The first-order valence-corrected chi connectivity index (χ1v) is 2.65. The van der Waals surface area contributed by atoms with Crippen LogP contribution in [0.4, 0.5) is 0 Å². The van der Waals surface area contributed by atoms with Crippen molar-refractivity contribution < 1.29 is 4.79 Å². The van der Waals surface area contributed by atoms with Crippen LogP contribution in [0.3, 0.4) is 0 Å². The van der Waals surface area contributed by atoms with Gasteiger partial charge in [0.1, 0.15) is 0 Å². The Labute approximate surface area is 77.8 Å². The molecule has 0 atom stereocenters. The van der Waals surface area contributed by atoms with E-state index in [1.165, 1.54) is 0 Å².